The van der Waals surface area contributed by atoms with Crippen molar-refractivity contribution in [3.63, 3.8) is 0 Å². The van der Waals surface area contributed by atoms with Crippen molar-refractivity contribution in [1.82, 2.24) is 0 Å². The second-order valence-electron chi connectivity index (χ2n) is 3.64. The molecule has 0 spiro atoms. The minimum absolute atomic E-state index is 0.220. The van der Waals surface area contributed by atoms with E-state index in [2.05, 4.69) is 0 Å². The SMILES string of the molecule is O=S(=O)(F)c1cccc(C2CCC2)c1. The third-order valence-electron chi connectivity index (χ3n) is 2.72. The molecule has 2 rings (SSSR count). The van der Waals surface area contributed by atoms with Gasteiger partial charge in [0.1, 0.15) is 0 Å². The van der Waals surface area contributed by atoms with E-state index in [0.29, 0.717) is 5.92 Å². The Bertz CT molecular complexity index is 435. The van der Waals surface area contributed by atoms with Crippen molar-refractivity contribution in [2.45, 2.75) is 30.1 Å². The van der Waals surface area contributed by atoms with Crippen LogP contribution in [0.5, 0.6) is 0 Å². The van der Waals surface area contributed by atoms with E-state index in [4.69, 9.17) is 0 Å². The third-order valence-corrected chi connectivity index (χ3v) is 3.53. The van der Waals surface area contributed by atoms with E-state index in [1.54, 1.807) is 6.07 Å². The summed E-state index contributed by atoms with van der Waals surface area (Å²) in [6.07, 6.45) is 3.34. The molecule has 0 N–H and O–H groups in total. The Morgan fingerprint density at radius 1 is 1.29 bits per heavy atom. The lowest BCUT2D eigenvalue weighted by Gasteiger charge is -2.25. The fourth-order valence-corrected chi connectivity index (χ4v) is 2.18. The molecule has 1 saturated carbocycles. The first-order valence-corrected chi connectivity index (χ1v) is 6.00. The maximum Gasteiger partial charge on any atom is 0.332 e. The molecule has 1 aromatic rings. The molecule has 0 unspecified atom stereocenters. The average molecular weight is 214 g/mol. The smallest absolute Gasteiger partial charge is 0.189 e. The molecule has 4 heteroatoms. The summed E-state index contributed by atoms with van der Waals surface area (Å²) in [5.41, 5.74) is 0.940. The molecular weight excluding hydrogens is 203 g/mol. The predicted molar refractivity (Wildman–Crippen MR) is 51.3 cm³/mol. The van der Waals surface area contributed by atoms with Gasteiger partial charge in [0.05, 0.1) is 4.90 Å². The molecule has 2 nitrogen and oxygen atoms in total. The fraction of sp³-hybridized carbons (Fsp3) is 0.400. The summed E-state index contributed by atoms with van der Waals surface area (Å²) >= 11 is 0. The Hall–Kier alpha value is -0.900. The van der Waals surface area contributed by atoms with Gasteiger partial charge in [-0.15, -0.1) is 3.89 Å². The van der Waals surface area contributed by atoms with Gasteiger partial charge in [0.2, 0.25) is 0 Å². The molecular formula is C10H11FO2S. The van der Waals surface area contributed by atoms with Gasteiger partial charge < -0.3 is 0 Å². The Labute approximate surface area is 83.0 Å². The van der Waals surface area contributed by atoms with Crippen molar-refractivity contribution >= 4 is 10.2 Å². The normalized spacial score (nSPS) is 17.8. The van der Waals surface area contributed by atoms with Crippen molar-refractivity contribution in [1.29, 1.82) is 0 Å². The van der Waals surface area contributed by atoms with Crippen molar-refractivity contribution < 1.29 is 12.3 Å². The van der Waals surface area contributed by atoms with E-state index >= 15 is 0 Å². The quantitative estimate of drug-likeness (QED) is 0.709. The molecule has 0 saturated heterocycles. The molecule has 1 aliphatic carbocycles. The van der Waals surface area contributed by atoms with Crippen LogP contribution in [-0.4, -0.2) is 8.42 Å². The summed E-state index contributed by atoms with van der Waals surface area (Å²) in [6, 6.07) is 6.19. The van der Waals surface area contributed by atoms with E-state index in [9.17, 15) is 12.3 Å². The van der Waals surface area contributed by atoms with E-state index in [1.807, 2.05) is 6.07 Å². The highest BCUT2D eigenvalue weighted by atomic mass is 32.3. The Balaban J connectivity index is 2.36. The minimum atomic E-state index is -4.54. The number of halogens is 1. The standard InChI is InChI=1S/C10H11FO2S/c11-14(12,13)10-6-2-5-9(7-10)8-3-1-4-8/h2,5-8H,1,3-4H2. The van der Waals surface area contributed by atoms with Crippen LogP contribution in [0.2, 0.25) is 0 Å². The Morgan fingerprint density at radius 2 is 2.00 bits per heavy atom. The van der Waals surface area contributed by atoms with Crippen LogP contribution in [0.25, 0.3) is 0 Å². The van der Waals surface area contributed by atoms with Crippen LogP contribution in [0.1, 0.15) is 30.7 Å². The van der Waals surface area contributed by atoms with Gasteiger partial charge in [-0.1, -0.05) is 18.6 Å². The van der Waals surface area contributed by atoms with Crippen LogP contribution in [0.15, 0.2) is 29.2 Å². The van der Waals surface area contributed by atoms with Crippen LogP contribution in [0.3, 0.4) is 0 Å². The molecule has 0 heterocycles. The van der Waals surface area contributed by atoms with Crippen LogP contribution in [0, 0.1) is 0 Å². The highest BCUT2D eigenvalue weighted by molar-refractivity contribution is 7.86. The van der Waals surface area contributed by atoms with E-state index in [1.165, 1.54) is 18.6 Å². The predicted octanol–water partition coefficient (Wildman–Crippen LogP) is 2.61. The molecule has 1 aromatic carbocycles. The lowest BCUT2D eigenvalue weighted by Crippen LogP contribution is -2.09. The van der Waals surface area contributed by atoms with E-state index < -0.39 is 10.2 Å². The second kappa shape index (κ2) is 3.35. The number of rotatable bonds is 2. The van der Waals surface area contributed by atoms with Crippen LogP contribution >= 0.6 is 0 Å². The topological polar surface area (TPSA) is 34.1 Å². The first-order chi connectivity index (χ1) is 6.57. The molecule has 1 fully saturated rings. The first-order valence-electron chi connectivity index (χ1n) is 4.62. The summed E-state index contributed by atoms with van der Waals surface area (Å²) in [7, 11) is -4.54. The molecule has 0 radical (unpaired) electrons. The van der Waals surface area contributed by atoms with E-state index in [-0.39, 0.29) is 4.90 Å². The summed E-state index contributed by atoms with van der Waals surface area (Å²) in [5.74, 6) is 0.427. The molecule has 76 valence electrons. The lowest BCUT2D eigenvalue weighted by molar-refractivity contribution is 0.419. The number of hydrogen-bond donors (Lipinski definition) is 0. The fourth-order valence-electron chi connectivity index (χ4n) is 1.66. The van der Waals surface area contributed by atoms with Gasteiger partial charge in [-0.25, -0.2) is 0 Å². The largest absolute Gasteiger partial charge is 0.332 e. The number of hydrogen-bond acceptors (Lipinski definition) is 2. The average Bonchev–Trinajstić information content (AvgIpc) is 2.00. The van der Waals surface area contributed by atoms with Crippen molar-refractivity contribution in [2.75, 3.05) is 0 Å². The molecule has 0 aromatic heterocycles. The van der Waals surface area contributed by atoms with Crippen LogP contribution < -0.4 is 0 Å². The zero-order chi connectivity index (χ0) is 10.2. The van der Waals surface area contributed by atoms with Gasteiger partial charge in [0, 0.05) is 0 Å². The van der Waals surface area contributed by atoms with Gasteiger partial charge in [-0.3, -0.25) is 0 Å². The minimum Gasteiger partial charge on any atom is -0.189 e. The third kappa shape index (κ3) is 1.80. The summed E-state index contributed by atoms with van der Waals surface area (Å²) in [4.78, 5) is -0.220. The molecule has 0 bridgehead atoms. The van der Waals surface area contributed by atoms with Gasteiger partial charge in [-0.2, -0.15) is 8.42 Å². The van der Waals surface area contributed by atoms with Gasteiger partial charge in [0.15, 0.2) is 0 Å². The summed E-state index contributed by atoms with van der Waals surface area (Å²) < 4.78 is 34.0. The molecule has 14 heavy (non-hydrogen) atoms. The van der Waals surface area contributed by atoms with Crippen molar-refractivity contribution in [3.8, 4) is 0 Å². The highest BCUT2D eigenvalue weighted by Gasteiger charge is 2.21. The van der Waals surface area contributed by atoms with Gasteiger partial charge in [0.25, 0.3) is 0 Å². The Morgan fingerprint density at radius 3 is 2.50 bits per heavy atom. The summed E-state index contributed by atoms with van der Waals surface area (Å²) in [6.45, 7) is 0. The lowest BCUT2D eigenvalue weighted by atomic mass is 9.80. The first kappa shape index (κ1) is 9.65. The monoisotopic (exact) mass is 214 g/mol. The van der Waals surface area contributed by atoms with Crippen LogP contribution in [-0.2, 0) is 10.2 Å². The Kier molecular flexibility index (Phi) is 2.31. The van der Waals surface area contributed by atoms with Gasteiger partial charge in [-0.05, 0) is 36.5 Å². The zero-order valence-corrected chi connectivity index (χ0v) is 8.43. The molecule has 0 aliphatic heterocycles. The van der Waals surface area contributed by atoms with Crippen molar-refractivity contribution in [3.05, 3.63) is 29.8 Å². The highest BCUT2D eigenvalue weighted by Crippen LogP contribution is 2.36. The zero-order valence-electron chi connectivity index (χ0n) is 7.61. The maximum absolute atomic E-state index is 12.7. The summed E-state index contributed by atoms with van der Waals surface area (Å²) in [5, 5.41) is 0. The van der Waals surface area contributed by atoms with Gasteiger partial charge >= 0.3 is 10.2 Å². The molecule has 0 amide bonds. The van der Waals surface area contributed by atoms with Crippen LogP contribution in [0.4, 0.5) is 3.89 Å². The van der Waals surface area contributed by atoms with Crippen molar-refractivity contribution in [2.24, 2.45) is 0 Å². The van der Waals surface area contributed by atoms with E-state index in [0.717, 1.165) is 18.4 Å². The second-order valence-corrected chi connectivity index (χ2v) is 4.99. The number of benzene rings is 1. The molecule has 1 aliphatic rings. The maximum atomic E-state index is 12.7. The molecule has 0 atom stereocenters.